The van der Waals surface area contributed by atoms with Crippen LogP contribution in [0.15, 0.2) is 0 Å². The molecule has 108 valence electrons. The Morgan fingerprint density at radius 3 is 2.44 bits per heavy atom. The van der Waals surface area contributed by atoms with Crippen LogP contribution in [-0.4, -0.2) is 17.6 Å². The molecule has 1 fully saturated rings. The molecule has 0 aromatic carbocycles. The first-order valence-corrected chi connectivity index (χ1v) is 8.39. The highest BCUT2D eigenvalue weighted by Crippen LogP contribution is 2.48. The Kier molecular flexibility index (Phi) is 5.85. The van der Waals surface area contributed by atoms with Crippen molar-refractivity contribution in [1.29, 1.82) is 0 Å². The maximum Gasteiger partial charge on any atom is 0.472 e. The van der Waals surface area contributed by atoms with Crippen molar-refractivity contribution in [2.24, 2.45) is 11.3 Å². The van der Waals surface area contributed by atoms with E-state index in [1.165, 1.54) is 0 Å². The Morgan fingerprint density at radius 2 is 1.94 bits per heavy atom. The monoisotopic (exact) mass is 278 g/mol. The van der Waals surface area contributed by atoms with Gasteiger partial charge in [0.25, 0.3) is 0 Å². The minimum absolute atomic E-state index is 0.134. The number of phosphoric ester groups is 1. The number of phosphoric acid groups is 1. The van der Waals surface area contributed by atoms with E-state index in [1.807, 2.05) is 13.8 Å². The Morgan fingerprint density at radius 1 is 1.39 bits per heavy atom. The molecule has 1 aliphatic rings. The van der Waals surface area contributed by atoms with Crippen molar-refractivity contribution >= 4 is 7.82 Å². The van der Waals surface area contributed by atoms with Crippen molar-refractivity contribution in [3.8, 4) is 0 Å². The molecule has 0 saturated heterocycles. The zero-order chi connectivity index (χ0) is 13.8. The van der Waals surface area contributed by atoms with E-state index in [2.05, 4.69) is 13.8 Å². The van der Waals surface area contributed by atoms with Crippen LogP contribution in [0.25, 0.3) is 0 Å². The summed E-state index contributed by atoms with van der Waals surface area (Å²) in [4.78, 5) is 9.65. The summed E-state index contributed by atoms with van der Waals surface area (Å²) in [6.45, 7) is 8.74. The van der Waals surface area contributed by atoms with Gasteiger partial charge in [-0.2, -0.15) is 0 Å². The van der Waals surface area contributed by atoms with E-state index in [0.717, 1.165) is 32.1 Å². The molecule has 18 heavy (non-hydrogen) atoms. The summed E-state index contributed by atoms with van der Waals surface area (Å²) in [6, 6.07) is 0. The summed E-state index contributed by atoms with van der Waals surface area (Å²) in [7, 11) is -3.87. The van der Waals surface area contributed by atoms with Crippen LogP contribution >= 0.6 is 7.82 Å². The summed E-state index contributed by atoms with van der Waals surface area (Å²) in [5, 5.41) is 0. The number of hydrogen-bond donors (Lipinski definition) is 1. The molecule has 0 heterocycles. The molecule has 0 aromatic rings. The van der Waals surface area contributed by atoms with Gasteiger partial charge in [-0.1, -0.05) is 34.1 Å². The van der Waals surface area contributed by atoms with Crippen molar-refractivity contribution in [2.45, 2.75) is 65.9 Å². The topological polar surface area (TPSA) is 55.8 Å². The lowest BCUT2D eigenvalue weighted by Gasteiger charge is -2.34. The second-order valence-corrected chi connectivity index (χ2v) is 7.65. The number of rotatable bonds is 6. The SMILES string of the molecule is CC[C@@H](C)COP(=O)(O)OC1CCC(C)(C)CC1. The van der Waals surface area contributed by atoms with Gasteiger partial charge in [0.2, 0.25) is 0 Å². The van der Waals surface area contributed by atoms with Gasteiger partial charge in [-0.15, -0.1) is 0 Å². The Labute approximate surface area is 111 Å². The lowest BCUT2D eigenvalue weighted by Crippen LogP contribution is -2.26. The maximum atomic E-state index is 11.8. The molecule has 0 bridgehead atoms. The van der Waals surface area contributed by atoms with Gasteiger partial charge < -0.3 is 4.89 Å². The Balaban J connectivity index is 2.35. The molecular formula is C13H27O4P. The molecule has 0 aromatic heterocycles. The van der Waals surface area contributed by atoms with E-state index in [4.69, 9.17) is 9.05 Å². The van der Waals surface area contributed by atoms with E-state index in [-0.39, 0.29) is 18.6 Å². The summed E-state index contributed by atoms with van der Waals surface area (Å²) in [6.07, 6.45) is 4.53. The van der Waals surface area contributed by atoms with E-state index in [9.17, 15) is 9.46 Å². The molecule has 1 unspecified atom stereocenters. The fourth-order valence-electron chi connectivity index (χ4n) is 2.04. The third-order valence-electron chi connectivity index (χ3n) is 3.79. The third-order valence-corrected chi connectivity index (χ3v) is 4.83. The zero-order valence-corrected chi connectivity index (χ0v) is 12.9. The molecule has 1 rings (SSSR count). The summed E-state index contributed by atoms with van der Waals surface area (Å²) >= 11 is 0. The Bertz CT molecular complexity index is 293. The van der Waals surface area contributed by atoms with Crippen molar-refractivity contribution in [1.82, 2.24) is 0 Å². The van der Waals surface area contributed by atoms with Crippen molar-refractivity contribution in [3.63, 3.8) is 0 Å². The largest absolute Gasteiger partial charge is 0.472 e. The summed E-state index contributed by atoms with van der Waals surface area (Å²) < 4.78 is 22.1. The van der Waals surface area contributed by atoms with Crippen molar-refractivity contribution in [2.75, 3.05) is 6.61 Å². The average Bonchev–Trinajstić information content (AvgIpc) is 2.29. The van der Waals surface area contributed by atoms with Crippen LogP contribution in [0, 0.1) is 11.3 Å². The predicted molar refractivity (Wildman–Crippen MR) is 72.4 cm³/mol. The minimum Gasteiger partial charge on any atom is -0.302 e. The first-order chi connectivity index (χ1) is 8.24. The molecule has 4 nitrogen and oxygen atoms in total. The van der Waals surface area contributed by atoms with Crippen molar-refractivity contribution in [3.05, 3.63) is 0 Å². The molecule has 2 atom stereocenters. The van der Waals surface area contributed by atoms with Crippen molar-refractivity contribution < 1.29 is 18.5 Å². The smallest absolute Gasteiger partial charge is 0.302 e. The van der Waals surface area contributed by atoms with E-state index in [0.29, 0.717) is 5.41 Å². The van der Waals surface area contributed by atoms with Crippen LogP contribution in [0.5, 0.6) is 0 Å². The molecule has 0 spiro atoms. The molecular weight excluding hydrogens is 251 g/mol. The Hall–Kier alpha value is 0.110. The van der Waals surface area contributed by atoms with Gasteiger partial charge in [-0.3, -0.25) is 9.05 Å². The first-order valence-electron chi connectivity index (χ1n) is 6.90. The van der Waals surface area contributed by atoms with Crippen LogP contribution in [0.4, 0.5) is 0 Å². The second kappa shape index (κ2) is 6.51. The van der Waals surface area contributed by atoms with Gasteiger partial charge in [0.1, 0.15) is 0 Å². The van der Waals surface area contributed by atoms with Crippen LogP contribution in [0.1, 0.15) is 59.8 Å². The van der Waals surface area contributed by atoms with Gasteiger partial charge >= 0.3 is 7.82 Å². The van der Waals surface area contributed by atoms with Gasteiger partial charge in [-0.25, -0.2) is 4.57 Å². The van der Waals surface area contributed by atoms with Crippen LogP contribution in [0.2, 0.25) is 0 Å². The van der Waals surface area contributed by atoms with Crippen LogP contribution in [0.3, 0.4) is 0 Å². The van der Waals surface area contributed by atoms with E-state index < -0.39 is 7.82 Å². The molecule has 0 radical (unpaired) electrons. The highest BCUT2D eigenvalue weighted by molar-refractivity contribution is 7.47. The van der Waals surface area contributed by atoms with E-state index in [1.54, 1.807) is 0 Å². The molecule has 0 amide bonds. The highest BCUT2D eigenvalue weighted by Gasteiger charge is 2.33. The third kappa shape index (κ3) is 5.83. The fourth-order valence-corrected chi connectivity index (χ4v) is 3.13. The molecule has 0 aliphatic heterocycles. The summed E-state index contributed by atoms with van der Waals surface area (Å²) in [5.41, 5.74) is 0.330. The van der Waals surface area contributed by atoms with Crippen LogP contribution < -0.4 is 0 Å². The normalized spacial score (nSPS) is 25.6. The predicted octanol–water partition coefficient (Wildman–Crippen LogP) is 4.13. The molecule has 1 aliphatic carbocycles. The van der Waals surface area contributed by atoms with Gasteiger partial charge in [0.15, 0.2) is 0 Å². The van der Waals surface area contributed by atoms with Gasteiger partial charge in [0, 0.05) is 0 Å². The maximum absolute atomic E-state index is 11.8. The quantitative estimate of drug-likeness (QED) is 0.742. The minimum atomic E-state index is -3.87. The molecule has 1 saturated carbocycles. The summed E-state index contributed by atoms with van der Waals surface area (Å²) in [5.74, 6) is 0.277. The molecule has 5 heteroatoms. The lowest BCUT2D eigenvalue weighted by molar-refractivity contribution is 0.0510. The first kappa shape index (κ1) is 16.2. The van der Waals surface area contributed by atoms with Gasteiger partial charge in [0.05, 0.1) is 12.7 Å². The lowest BCUT2D eigenvalue weighted by atomic mass is 9.76. The second-order valence-electron chi connectivity index (χ2n) is 6.25. The standard InChI is InChI=1S/C13H27O4P/c1-5-11(2)10-16-18(14,15)17-12-6-8-13(3,4)9-7-12/h11-12H,5-10H2,1-4H3,(H,14,15)/t11-/m1/s1. The molecule has 1 N–H and O–H groups in total. The van der Waals surface area contributed by atoms with Gasteiger partial charge in [-0.05, 0) is 37.0 Å². The average molecular weight is 278 g/mol. The highest BCUT2D eigenvalue weighted by atomic mass is 31.2. The zero-order valence-electron chi connectivity index (χ0n) is 12.0. The fraction of sp³-hybridized carbons (Fsp3) is 1.00. The number of hydrogen-bond acceptors (Lipinski definition) is 3. The van der Waals surface area contributed by atoms with E-state index >= 15 is 0 Å². The van der Waals surface area contributed by atoms with Crippen LogP contribution in [-0.2, 0) is 13.6 Å².